The first-order chi connectivity index (χ1) is 12.7. The first-order valence-corrected chi connectivity index (χ1v) is 8.48. The smallest absolute Gasteiger partial charge is 0.268 e. The number of aromatic amines is 1. The van der Waals surface area contributed by atoms with Crippen molar-refractivity contribution < 1.29 is 4.74 Å². The van der Waals surface area contributed by atoms with Crippen molar-refractivity contribution in [1.82, 2.24) is 29.7 Å². The molecule has 3 aromatic rings. The number of anilines is 2. The number of hydrogen-bond donors (Lipinski definition) is 2. The summed E-state index contributed by atoms with van der Waals surface area (Å²) in [7, 11) is 1.64. The average molecular weight is 356 g/mol. The summed E-state index contributed by atoms with van der Waals surface area (Å²) in [6, 6.07) is 1.61. The summed E-state index contributed by atoms with van der Waals surface area (Å²) in [4.78, 5) is 29.4. The van der Waals surface area contributed by atoms with Crippen molar-refractivity contribution in [2.45, 2.75) is 12.5 Å². The van der Waals surface area contributed by atoms with Gasteiger partial charge in [-0.3, -0.25) is 4.79 Å². The van der Waals surface area contributed by atoms with Crippen LogP contribution < -0.4 is 15.8 Å². The Kier molecular flexibility index (Phi) is 4.48. The maximum absolute atomic E-state index is 11.8. The number of H-pyrrole nitrogens is 1. The number of rotatable bonds is 5. The number of morpholine rings is 1. The molecule has 0 spiro atoms. The van der Waals surface area contributed by atoms with E-state index in [1.165, 1.54) is 11.0 Å². The van der Waals surface area contributed by atoms with Crippen LogP contribution in [0.3, 0.4) is 0 Å². The lowest BCUT2D eigenvalue weighted by Gasteiger charge is -2.34. The molecule has 0 amide bonds. The van der Waals surface area contributed by atoms with Crippen LogP contribution in [0, 0.1) is 0 Å². The third kappa shape index (κ3) is 3.36. The van der Waals surface area contributed by atoms with Gasteiger partial charge in [0.15, 0.2) is 11.5 Å². The molecule has 4 rings (SSSR count). The summed E-state index contributed by atoms with van der Waals surface area (Å²) < 4.78 is 7.18. The van der Waals surface area contributed by atoms with Gasteiger partial charge in [0.25, 0.3) is 5.56 Å². The summed E-state index contributed by atoms with van der Waals surface area (Å²) in [5.74, 6) is 0.732. The number of aryl methyl sites for hydroxylation is 1. The largest absolute Gasteiger partial charge is 0.374 e. The lowest BCUT2D eigenvalue weighted by atomic mass is 10.2. The molecule has 0 saturated carbocycles. The second-order valence-corrected chi connectivity index (χ2v) is 6.15. The van der Waals surface area contributed by atoms with Crippen LogP contribution in [-0.2, 0) is 11.8 Å². The fraction of sp³-hybridized carbons (Fsp3) is 0.438. The van der Waals surface area contributed by atoms with E-state index in [9.17, 15) is 4.79 Å². The van der Waals surface area contributed by atoms with E-state index in [-0.39, 0.29) is 11.7 Å². The van der Waals surface area contributed by atoms with E-state index in [0.29, 0.717) is 18.8 Å². The first-order valence-electron chi connectivity index (χ1n) is 8.48. The van der Waals surface area contributed by atoms with Gasteiger partial charge in [-0.15, -0.1) is 0 Å². The topological polar surface area (TPSA) is 114 Å². The molecular formula is C16H20N8O2. The summed E-state index contributed by atoms with van der Waals surface area (Å²) >= 11 is 0. The Morgan fingerprint density at radius 2 is 2.31 bits per heavy atom. The molecule has 1 fully saturated rings. The maximum Gasteiger partial charge on any atom is 0.268 e. The molecular weight excluding hydrogens is 336 g/mol. The number of fused-ring (bicyclic) bond motifs is 1. The van der Waals surface area contributed by atoms with Gasteiger partial charge in [-0.05, 0) is 6.42 Å². The molecule has 0 radical (unpaired) electrons. The van der Waals surface area contributed by atoms with Crippen molar-refractivity contribution in [1.29, 1.82) is 0 Å². The van der Waals surface area contributed by atoms with Crippen molar-refractivity contribution in [3.63, 3.8) is 0 Å². The number of nitrogens with one attached hydrogen (secondary N) is 2. The van der Waals surface area contributed by atoms with Crippen molar-refractivity contribution >= 4 is 22.7 Å². The highest BCUT2D eigenvalue weighted by Gasteiger charge is 2.21. The SMILES string of the molecule is Cn1ncc(N2CCO[C@@H](CCNc3ncnc4nc[nH]c34)C2)cc1=O. The zero-order chi connectivity index (χ0) is 17.9. The van der Waals surface area contributed by atoms with Gasteiger partial charge < -0.3 is 19.9 Å². The molecule has 3 aromatic heterocycles. The molecule has 0 aliphatic carbocycles. The molecule has 0 bridgehead atoms. The minimum Gasteiger partial charge on any atom is -0.374 e. The van der Waals surface area contributed by atoms with E-state index in [0.717, 1.165) is 36.5 Å². The molecule has 10 heteroatoms. The molecule has 10 nitrogen and oxygen atoms in total. The Bertz CT molecular complexity index is 953. The lowest BCUT2D eigenvalue weighted by Crippen LogP contribution is -2.43. The number of imidazole rings is 1. The molecule has 2 N–H and O–H groups in total. The van der Waals surface area contributed by atoms with Crippen molar-refractivity contribution in [3.05, 3.63) is 35.3 Å². The predicted octanol–water partition coefficient (Wildman–Crippen LogP) is 0.154. The van der Waals surface area contributed by atoms with Crippen LogP contribution in [0.15, 0.2) is 29.7 Å². The Morgan fingerprint density at radius 1 is 1.38 bits per heavy atom. The number of hydrogen-bond acceptors (Lipinski definition) is 8. The standard InChI is InChI=1S/C16H20N8O2/c1-23-13(25)6-11(7-22-23)24-4-5-26-12(8-24)2-3-17-15-14-16(19-9-18-14)21-10-20-15/h6-7,9-10,12H,2-5,8H2,1H3,(H2,17,18,19,20,21)/t12-/m0/s1. The number of ether oxygens (including phenoxy) is 1. The zero-order valence-electron chi connectivity index (χ0n) is 14.4. The monoisotopic (exact) mass is 356 g/mol. The second-order valence-electron chi connectivity index (χ2n) is 6.15. The zero-order valence-corrected chi connectivity index (χ0v) is 14.4. The normalized spacial score (nSPS) is 17.6. The van der Waals surface area contributed by atoms with Crippen molar-refractivity contribution in [2.24, 2.45) is 7.05 Å². The van der Waals surface area contributed by atoms with Gasteiger partial charge in [-0.1, -0.05) is 0 Å². The fourth-order valence-electron chi connectivity index (χ4n) is 3.01. The Labute approximate surface area is 149 Å². The number of aromatic nitrogens is 6. The van der Waals surface area contributed by atoms with E-state index >= 15 is 0 Å². The molecule has 1 saturated heterocycles. The average Bonchev–Trinajstić information content (AvgIpc) is 3.14. The van der Waals surface area contributed by atoms with Crippen LogP contribution in [0.1, 0.15) is 6.42 Å². The molecule has 0 unspecified atom stereocenters. The van der Waals surface area contributed by atoms with Gasteiger partial charge in [0.1, 0.15) is 11.8 Å². The van der Waals surface area contributed by atoms with Gasteiger partial charge in [-0.25, -0.2) is 19.6 Å². The van der Waals surface area contributed by atoms with Crippen LogP contribution in [0.25, 0.3) is 11.2 Å². The van der Waals surface area contributed by atoms with Gasteiger partial charge in [0, 0.05) is 32.7 Å². The predicted molar refractivity (Wildman–Crippen MR) is 96.2 cm³/mol. The number of nitrogens with zero attached hydrogens (tertiary/aromatic N) is 6. The Hall–Kier alpha value is -3.01. The van der Waals surface area contributed by atoms with Crippen LogP contribution in [0.5, 0.6) is 0 Å². The Morgan fingerprint density at radius 3 is 3.19 bits per heavy atom. The summed E-state index contributed by atoms with van der Waals surface area (Å²) in [6.45, 7) is 2.80. The second kappa shape index (κ2) is 7.08. The summed E-state index contributed by atoms with van der Waals surface area (Å²) in [5, 5.41) is 7.40. The van der Waals surface area contributed by atoms with E-state index in [1.54, 1.807) is 25.6 Å². The first kappa shape index (κ1) is 16.5. The van der Waals surface area contributed by atoms with Gasteiger partial charge >= 0.3 is 0 Å². The minimum atomic E-state index is -0.112. The van der Waals surface area contributed by atoms with Gasteiger partial charge in [0.05, 0.1) is 30.9 Å². The molecule has 4 heterocycles. The van der Waals surface area contributed by atoms with E-state index in [2.05, 4.69) is 35.3 Å². The van der Waals surface area contributed by atoms with Crippen LogP contribution >= 0.6 is 0 Å². The summed E-state index contributed by atoms with van der Waals surface area (Å²) in [6.07, 6.45) is 5.70. The van der Waals surface area contributed by atoms with E-state index in [1.807, 2.05) is 0 Å². The molecule has 1 aliphatic heterocycles. The quantitative estimate of drug-likeness (QED) is 0.664. The van der Waals surface area contributed by atoms with Gasteiger partial charge in [-0.2, -0.15) is 5.10 Å². The van der Waals surface area contributed by atoms with E-state index in [4.69, 9.17) is 4.74 Å². The summed E-state index contributed by atoms with van der Waals surface area (Å²) in [5.41, 5.74) is 2.16. The minimum absolute atomic E-state index is 0.0689. The lowest BCUT2D eigenvalue weighted by molar-refractivity contribution is 0.0375. The van der Waals surface area contributed by atoms with Gasteiger partial charge in [0.2, 0.25) is 0 Å². The fourth-order valence-corrected chi connectivity index (χ4v) is 3.01. The highest BCUT2D eigenvalue weighted by atomic mass is 16.5. The highest BCUT2D eigenvalue weighted by molar-refractivity contribution is 5.81. The Balaban J connectivity index is 1.35. The molecule has 0 aromatic carbocycles. The van der Waals surface area contributed by atoms with Crippen LogP contribution in [-0.4, -0.2) is 62.1 Å². The third-order valence-electron chi connectivity index (χ3n) is 4.44. The third-order valence-corrected chi connectivity index (χ3v) is 4.44. The molecule has 1 aliphatic rings. The van der Waals surface area contributed by atoms with Crippen molar-refractivity contribution in [2.75, 3.05) is 36.5 Å². The van der Waals surface area contributed by atoms with E-state index < -0.39 is 0 Å². The van der Waals surface area contributed by atoms with Crippen LogP contribution in [0.2, 0.25) is 0 Å². The molecule has 26 heavy (non-hydrogen) atoms. The molecule has 1 atom stereocenters. The molecule has 136 valence electrons. The highest BCUT2D eigenvalue weighted by Crippen LogP contribution is 2.18. The van der Waals surface area contributed by atoms with Crippen LogP contribution in [0.4, 0.5) is 11.5 Å². The van der Waals surface area contributed by atoms with Crippen molar-refractivity contribution in [3.8, 4) is 0 Å². The maximum atomic E-state index is 11.8.